The van der Waals surface area contributed by atoms with E-state index in [1.807, 2.05) is 6.07 Å². The predicted molar refractivity (Wildman–Crippen MR) is 94.1 cm³/mol. The first-order chi connectivity index (χ1) is 10.7. The van der Waals surface area contributed by atoms with Crippen molar-refractivity contribution in [2.75, 3.05) is 31.3 Å². The van der Waals surface area contributed by atoms with Crippen molar-refractivity contribution < 1.29 is 4.79 Å². The van der Waals surface area contributed by atoms with E-state index in [1.54, 1.807) is 11.8 Å². The Kier molecular flexibility index (Phi) is 7.22. The molecule has 0 bridgehead atoms. The van der Waals surface area contributed by atoms with Crippen molar-refractivity contribution in [2.24, 2.45) is 0 Å². The van der Waals surface area contributed by atoms with E-state index in [0.29, 0.717) is 12.6 Å². The summed E-state index contributed by atoms with van der Waals surface area (Å²) in [5, 5.41) is 6.36. The highest BCUT2D eigenvalue weighted by molar-refractivity contribution is 7.99. The summed E-state index contributed by atoms with van der Waals surface area (Å²) >= 11 is 1.78. The Morgan fingerprint density at radius 2 is 2.09 bits per heavy atom. The number of thioether (sulfide) groups is 1. The maximum atomic E-state index is 12.2. The molecule has 0 radical (unpaired) electrons. The third-order valence-corrected chi connectivity index (χ3v) is 5.13. The zero-order chi connectivity index (χ0) is 15.8. The second kappa shape index (κ2) is 9.18. The third-order valence-electron chi connectivity index (χ3n) is 4.19. The first-order valence-corrected chi connectivity index (χ1v) is 9.26. The Hall–Kier alpha value is -1.04. The van der Waals surface area contributed by atoms with Gasteiger partial charge in [0.05, 0.1) is 6.04 Å². The highest BCUT2D eigenvalue weighted by atomic mass is 32.2. The number of nitrogens with zero attached hydrogens (tertiary/aromatic N) is 1. The fraction of sp³-hybridized carbons (Fsp3) is 0.588. The normalized spacial score (nSPS) is 19.3. The number of carbonyl (C=O) groups is 1. The minimum absolute atomic E-state index is 0.0286. The maximum absolute atomic E-state index is 12.2. The van der Waals surface area contributed by atoms with Crippen LogP contribution < -0.4 is 10.6 Å². The van der Waals surface area contributed by atoms with Crippen LogP contribution in [0.1, 0.15) is 19.4 Å². The zero-order valence-corrected chi connectivity index (χ0v) is 14.4. The van der Waals surface area contributed by atoms with Crippen molar-refractivity contribution in [3.63, 3.8) is 0 Å². The molecule has 4 nitrogen and oxygen atoms in total. The Bertz CT molecular complexity index is 444. The molecule has 1 amide bonds. The lowest BCUT2D eigenvalue weighted by atomic mass is 10.0. The topological polar surface area (TPSA) is 44.4 Å². The molecule has 1 saturated heterocycles. The van der Waals surface area contributed by atoms with Crippen LogP contribution in [0.15, 0.2) is 30.3 Å². The summed E-state index contributed by atoms with van der Waals surface area (Å²) in [4.78, 5) is 14.6. The van der Waals surface area contributed by atoms with Gasteiger partial charge in [-0.25, -0.2) is 0 Å². The summed E-state index contributed by atoms with van der Waals surface area (Å²) in [7, 11) is 0. The van der Waals surface area contributed by atoms with Crippen molar-refractivity contribution in [1.82, 2.24) is 15.5 Å². The van der Waals surface area contributed by atoms with Gasteiger partial charge >= 0.3 is 0 Å². The van der Waals surface area contributed by atoms with Crippen molar-refractivity contribution in [3.8, 4) is 0 Å². The summed E-state index contributed by atoms with van der Waals surface area (Å²) in [6.07, 6.45) is 0.968. The summed E-state index contributed by atoms with van der Waals surface area (Å²) in [5.41, 5.74) is 1.32. The van der Waals surface area contributed by atoms with Gasteiger partial charge in [-0.2, -0.15) is 0 Å². The van der Waals surface area contributed by atoms with Gasteiger partial charge < -0.3 is 5.32 Å². The number of rotatable bonds is 8. The number of benzene rings is 1. The number of hydrogen-bond acceptors (Lipinski definition) is 4. The lowest BCUT2D eigenvalue weighted by Crippen LogP contribution is -2.49. The molecule has 1 aliphatic heterocycles. The summed E-state index contributed by atoms with van der Waals surface area (Å²) in [5.74, 6) is 1.89. The van der Waals surface area contributed by atoms with Crippen LogP contribution in [0.5, 0.6) is 0 Å². The van der Waals surface area contributed by atoms with Crippen molar-refractivity contribution >= 4 is 17.7 Å². The quantitative estimate of drug-likeness (QED) is 0.765. The number of carbonyl (C=O) groups excluding carboxylic acids is 1. The predicted octanol–water partition coefficient (Wildman–Crippen LogP) is 1.72. The van der Waals surface area contributed by atoms with Crippen LogP contribution >= 0.6 is 11.8 Å². The van der Waals surface area contributed by atoms with Gasteiger partial charge in [0, 0.05) is 24.2 Å². The molecule has 2 rings (SSSR count). The van der Waals surface area contributed by atoms with Crippen LogP contribution in [0.3, 0.4) is 0 Å². The molecule has 1 fully saturated rings. The molecular formula is C17H27N3OS. The Morgan fingerprint density at radius 1 is 1.36 bits per heavy atom. The highest BCUT2D eigenvalue weighted by Gasteiger charge is 2.24. The van der Waals surface area contributed by atoms with Gasteiger partial charge in [-0.15, -0.1) is 11.8 Å². The first kappa shape index (κ1) is 17.3. The molecule has 1 aromatic carbocycles. The third kappa shape index (κ3) is 5.00. The van der Waals surface area contributed by atoms with Crippen molar-refractivity contribution in [1.29, 1.82) is 0 Å². The largest absolute Gasteiger partial charge is 0.353 e. The number of amides is 1. The molecule has 5 heteroatoms. The van der Waals surface area contributed by atoms with Crippen LogP contribution in [0.2, 0.25) is 0 Å². The average molecular weight is 321 g/mol. The smallest absolute Gasteiger partial charge is 0.238 e. The number of likely N-dealkylation sites (N-methyl/N-ethyl adjacent to an activating group) is 1. The summed E-state index contributed by atoms with van der Waals surface area (Å²) in [6.45, 7) is 7.07. The van der Waals surface area contributed by atoms with Crippen LogP contribution in [-0.4, -0.2) is 54.2 Å². The molecule has 0 aliphatic carbocycles. The number of hydrogen-bond donors (Lipinski definition) is 2. The van der Waals surface area contributed by atoms with Gasteiger partial charge in [0.25, 0.3) is 0 Å². The van der Waals surface area contributed by atoms with E-state index < -0.39 is 0 Å². The van der Waals surface area contributed by atoms with Gasteiger partial charge in [0.1, 0.15) is 0 Å². The molecule has 122 valence electrons. The fourth-order valence-corrected chi connectivity index (χ4v) is 3.80. The second-order valence-corrected chi connectivity index (χ2v) is 6.61. The van der Waals surface area contributed by atoms with Gasteiger partial charge in [0.15, 0.2) is 0 Å². The van der Waals surface area contributed by atoms with Gasteiger partial charge in [-0.3, -0.25) is 15.0 Å². The molecular weight excluding hydrogens is 294 g/mol. The Balaban J connectivity index is 1.93. The fourth-order valence-electron chi connectivity index (χ4n) is 2.86. The molecule has 1 heterocycles. The lowest BCUT2D eigenvalue weighted by molar-refractivity contribution is -0.122. The summed E-state index contributed by atoms with van der Waals surface area (Å²) in [6, 6.07) is 10.8. The van der Waals surface area contributed by atoms with Crippen LogP contribution in [0, 0.1) is 0 Å². The lowest BCUT2D eigenvalue weighted by Gasteiger charge is -2.30. The van der Waals surface area contributed by atoms with Crippen LogP contribution in [-0.2, 0) is 11.2 Å². The standard InChI is InChI=1S/C17H27N3OS/c1-3-20(4-2)15(10-14-8-6-5-7-9-14)11-18-17(21)16-12-22-13-19-16/h5-9,15-16,19H,3-4,10-13H2,1-2H3,(H,18,21). The van der Waals surface area contributed by atoms with Gasteiger partial charge in [-0.05, 0) is 25.1 Å². The van der Waals surface area contributed by atoms with E-state index in [0.717, 1.165) is 31.1 Å². The van der Waals surface area contributed by atoms with E-state index in [9.17, 15) is 4.79 Å². The van der Waals surface area contributed by atoms with E-state index in [1.165, 1.54) is 5.56 Å². The molecule has 0 aromatic heterocycles. The number of nitrogens with one attached hydrogen (secondary N) is 2. The SMILES string of the molecule is CCN(CC)C(CNC(=O)C1CSCN1)Cc1ccccc1. The molecule has 0 spiro atoms. The van der Waals surface area contributed by atoms with E-state index in [-0.39, 0.29) is 11.9 Å². The molecule has 2 atom stereocenters. The van der Waals surface area contributed by atoms with E-state index >= 15 is 0 Å². The van der Waals surface area contributed by atoms with Gasteiger partial charge in [-0.1, -0.05) is 44.2 Å². The molecule has 22 heavy (non-hydrogen) atoms. The minimum atomic E-state index is -0.0286. The molecule has 2 unspecified atom stereocenters. The van der Waals surface area contributed by atoms with E-state index in [2.05, 4.69) is 53.6 Å². The zero-order valence-electron chi connectivity index (χ0n) is 13.5. The van der Waals surface area contributed by atoms with Gasteiger partial charge in [0.2, 0.25) is 5.91 Å². The first-order valence-electron chi connectivity index (χ1n) is 8.11. The van der Waals surface area contributed by atoms with Crippen LogP contribution in [0.25, 0.3) is 0 Å². The summed E-state index contributed by atoms with van der Waals surface area (Å²) < 4.78 is 0. The molecule has 2 N–H and O–H groups in total. The molecule has 1 aromatic rings. The maximum Gasteiger partial charge on any atom is 0.238 e. The molecule has 1 aliphatic rings. The average Bonchev–Trinajstić information content (AvgIpc) is 3.08. The van der Waals surface area contributed by atoms with E-state index in [4.69, 9.17) is 0 Å². The Labute approximate surface area is 138 Å². The van der Waals surface area contributed by atoms with Crippen LogP contribution in [0.4, 0.5) is 0 Å². The van der Waals surface area contributed by atoms with Crippen molar-refractivity contribution in [3.05, 3.63) is 35.9 Å². The second-order valence-electron chi connectivity index (χ2n) is 5.58. The Morgan fingerprint density at radius 3 is 2.68 bits per heavy atom. The highest BCUT2D eigenvalue weighted by Crippen LogP contribution is 2.11. The molecule has 0 saturated carbocycles. The van der Waals surface area contributed by atoms with Crippen molar-refractivity contribution in [2.45, 2.75) is 32.4 Å². The monoisotopic (exact) mass is 321 g/mol. The minimum Gasteiger partial charge on any atom is -0.353 e.